The van der Waals surface area contributed by atoms with Crippen LogP contribution in [0.1, 0.15) is 2.85 Å². The Morgan fingerprint density at radius 1 is 1.00 bits per heavy atom. The summed E-state index contributed by atoms with van der Waals surface area (Å²) in [5.74, 6) is 0. The van der Waals surface area contributed by atoms with Gasteiger partial charge in [0.2, 0.25) is 0 Å². The first-order valence-corrected chi connectivity index (χ1v) is 0. The Labute approximate surface area is 58.6 Å². The van der Waals surface area contributed by atoms with Crippen molar-refractivity contribution in [3.05, 3.63) is 0 Å². The van der Waals surface area contributed by atoms with Crippen LogP contribution in [0.2, 0.25) is 0 Å². The summed E-state index contributed by atoms with van der Waals surface area (Å²) in [4.78, 5) is 0. The van der Waals surface area contributed by atoms with Crippen molar-refractivity contribution in [2.75, 3.05) is 0 Å². The molecular weight excluding hydrogens is 104 g/mol. The van der Waals surface area contributed by atoms with Gasteiger partial charge in [-0.05, 0) is 0 Å². The molecule has 0 atom stereocenters. The van der Waals surface area contributed by atoms with Crippen LogP contribution in [0.4, 0.5) is 0 Å². The maximum Gasteiger partial charge on any atom is 4.00 e. The first-order chi connectivity index (χ1) is 0. The Balaban J connectivity index is 0. The Hall–Kier alpha value is 1.40. The first-order valence-electron chi connectivity index (χ1n) is 0. The van der Waals surface area contributed by atoms with Gasteiger partial charge in [0.05, 0.1) is 0 Å². The van der Waals surface area contributed by atoms with Crippen LogP contribution in [0.5, 0.6) is 0 Å². The van der Waals surface area contributed by atoms with Crippen molar-refractivity contribution < 1.29 is 35.5 Å². The monoisotopic (exact) mass is 106 g/mol. The maximum absolute atomic E-state index is 0. The van der Waals surface area contributed by atoms with Crippen LogP contribution in [0.25, 0.3) is 0 Å². The predicted molar refractivity (Wildman–Crippen MR) is 9.35 cm³/mol. The van der Waals surface area contributed by atoms with Gasteiger partial charge in [-0.1, -0.05) is 0 Å². The van der Waals surface area contributed by atoms with Gasteiger partial charge in [-0.2, -0.15) is 0 Å². The van der Waals surface area contributed by atoms with Crippen LogP contribution in [0.15, 0.2) is 0 Å². The SMILES string of the molecule is [H-].[H-].[Mg+2].[O-2].[O-2].[Ti+4]. The Morgan fingerprint density at radius 3 is 1.00 bits per heavy atom. The van der Waals surface area contributed by atoms with E-state index in [1.165, 1.54) is 0 Å². The molecule has 4 heavy (non-hydrogen) atoms. The summed E-state index contributed by atoms with van der Waals surface area (Å²) in [6, 6.07) is 0. The molecule has 0 rings (SSSR count). The molecule has 0 fully saturated rings. The van der Waals surface area contributed by atoms with E-state index in [1.807, 2.05) is 0 Å². The van der Waals surface area contributed by atoms with Crippen LogP contribution in [0, 0.1) is 0 Å². The van der Waals surface area contributed by atoms with Crippen LogP contribution < -0.4 is 0 Å². The number of rotatable bonds is 0. The van der Waals surface area contributed by atoms with E-state index in [0.29, 0.717) is 0 Å². The average Bonchev–Trinajstić information content (AvgIpc) is 0. The van der Waals surface area contributed by atoms with Crippen LogP contribution in [-0.2, 0) is 32.7 Å². The van der Waals surface area contributed by atoms with Gasteiger partial charge in [0.1, 0.15) is 0 Å². The summed E-state index contributed by atoms with van der Waals surface area (Å²) in [5, 5.41) is 0. The van der Waals surface area contributed by atoms with Gasteiger partial charge in [0.25, 0.3) is 0 Å². The molecule has 0 N–H and O–H groups in total. The molecule has 0 unspecified atom stereocenters. The minimum absolute atomic E-state index is 0. The third-order valence-electron chi connectivity index (χ3n) is 0. The quantitative estimate of drug-likeness (QED) is 0.377. The topological polar surface area (TPSA) is 57.0 Å². The maximum atomic E-state index is 0. The Morgan fingerprint density at radius 2 is 1.00 bits per heavy atom. The largest absolute Gasteiger partial charge is 4.00 e. The molecule has 4 heteroatoms. The molecule has 0 aromatic heterocycles. The second-order valence-corrected chi connectivity index (χ2v) is 0. The average molecular weight is 106 g/mol. The minimum atomic E-state index is 0. The summed E-state index contributed by atoms with van der Waals surface area (Å²) < 4.78 is 0. The fraction of sp³-hybridized carbons (Fsp3) is 0. The molecule has 0 radical (unpaired) electrons. The number of hydrogen-bond acceptors (Lipinski definition) is 0. The van der Waals surface area contributed by atoms with E-state index in [2.05, 4.69) is 0 Å². The normalized spacial score (nSPS) is 0. The molecule has 0 spiro atoms. The van der Waals surface area contributed by atoms with Gasteiger partial charge in [0, 0.05) is 0 Å². The van der Waals surface area contributed by atoms with E-state index in [-0.39, 0.29) is 58.6 Å². The molecule has 0 saturated heterocycles. The molecule has 0 heterocycles. The second kappa shape index (κ2) is 25.9. The van der Waals surface area contributed by atoms with Crippen LogP contribution >= 0.6 is 0 Å². The van der Waals surface area contributed by atoms with E-state index in [9.17, 15) is 0 Å². The minimum Gasteiger partial charge on any atom is -2.00 e. The van der Waals surface area contributed by atoms with E-state index in [0.717, 1.165) is 0 Å². The zero-order valence-corrected chi connectivity index (χ0v) is 5.00. The van der Waals surface area contributed by atoms with Crippen molar-refractivity contribution in [1.29, 1.82) is 0 Å². The number of hydrogen-bond donors (Lipinski definition) is 0. The van der Waals surface area contributed by atoms with Crippen molar-refractivity contribution in [3.8, 4) is 0 Å². The van der Waals surface area contributed by atoms with Crippen molar-refractivity contribution in [2.24, 2.45) is 0 Å². The summed E-state index contributed by atoms with van der Waals surface area (Å²) in [5.41, 5.74) is 0. The molecule has 2 nitrogen and oxygen atoms in total. The molecule has 0 aromatic carbocycles. The van der Waals surface area contributed by atoms with Gasteiger partial charge in [-0.25, -0.2) is 0 Å². The molecule has 0 bridgehead atoms. The summed E-state index contributed by atoms with van der Waals surface area (Å²) in [7, 11) is 0. The third-order valence-corrected chi connectivity index (χ3v) is 0. The molecule has 0 saturated carbocycles. The first kappa shape index (κ1) is 53.3. The van der Waals surface area contributed by atoms with Gasteiger partial charge < -0.3 is 13.8 Å². The summed E-state index contributed by atoms with van der Waals surface area (Å²) >= 11 is 0. The third kappa shape index (κ3) is 9.99. The van der Waals surface area contributed by atoms with Gasteiger partial charge in [-0.15, -0.1) is 0 Å². The van der Waals surface area contributed by atoms with Crippen LogP contribution in [0.3, 0.4) is 0 Å². The van der Waals surface area contributed by atoms with E-state index in [4.69, 9.17) is 0 Å². The summed E-state index contributed by atoms with van der Waals surface area (Å²) in [6.07, 6.45) is 0. The van der Waals surface area contributed by atoms with Crippen molar-refractivity contribution in [3.63, 3.8) is 0 Å². The van der Waals surface area contributed by atoms with Crippen LogP contribution in [-0.4, -0.2) is 23.1 Å². The van der Waals surface area contributed by atoms with Crippen molar-refractivity contribution in [1.82, 2.24) is 0 Å². The van der Waals surface area contributed by atoms with Crippen molar-refractivity contribution >= 4 is 23.1 Å². The molecule has 0 aliphatic rings. The standard InChI is InChI=1S/Mg.2O.Ti.2H/q+2;2*-2;+4;2*-1. The molecule has 0 aromatic rings. The molecule has 20 valence electrons. The zero-order chi connectivity index (χ0) is 0. The fourth-order valence-corrected chi connectivity index (χ4v) is 0. The Bertz CT molecular complexity index is 11.5. The van der Waals surface area contributed by atoms with E-state index in [1.54, 1.807) is 0 Å². The van der Waals surface area contributed by atoms with Gasteiger partial charge in [0.15, 0.2) is 0 Å². The van der Waals surface area contributed by atoms with Gasteiger partial charge >= 0.3 is 44.8 Å². The molecule has 0 aliphatic carbocycles. The second-order valence-electron chi connectivity index (χ2n) is 0. The zero-order valence-electron chi connectivity index (χ0n) is 4.02. The van der Waals surface area contributed by atoms with Gasteiger partial charge in [-0.3, -0.25) is 0 Å². The molecule has 0 aliphatic heterocycles. The smallest absolute Gasteiger partial charge is 2.00 e. The van der Waals surface area contributed by atoms with E-state index >= 15 is 0 Å². The van der Waals surface area contributed by atoms with E-state index < -0.39 is 0 Å². The Kier molecular flexibility index (Phi) is 346. The summed E-state index contributed by atoms with van der Waals surface area (Å²) in [6.45, 7) is 0. The fourth-order valence-electron chi connectivity index (χ4n) is 0. The van der Waals surface area contributed by atoms with Crippen molar-refractivity contribution in [2.45, 2.75) is 0 Å². The predicted octanol–water partition coefficient (Wildman–Crippen LogP) is -0.396. The molecule has 0 amide bonds. The molecular formula is H2MgO2Ti.